The summed E-state index contributed by atoms with van der Waals surface area (Å²) in [6, 6.07) is 1.78. The SMILES string of the molecule is CC[C@H](CO)NS(=O)(=O)c1cc(N)cc(C)c1F. The lowest BCUT2D eigenvalue weighted by Crippen LogP contribution is -2.37. The molecular formula is C11H17FN2O3S. The summed E-state index contributed by atoms with van der Waals surface area (Å²) in [5.41, 5.74) is 5.84. The van der Waals surface area contributed by atoms with Crippen molar-refractivity contribution in [1.29, 1.82) is 0 Å². The molecule has 102 valence electrons. The third kappa shape index (κ3) is 3.18. The predicted octanol–water partition coefficient (Wildman–Crippen LogP) is 0.766. The Bertz CT molecular complexity index is 527. The lowest BCUT2D eigenvalue weighted by molar-refractivity contribution is 0.253. The van der Waals surface area contributed by atoms with Gasteiger partial charge in [0.2, 0.25) is 10.0 Å². The molecule has 0 heterocycles. The van der Waals surface area contributed by atoms with Crippen molar-refractivity contribution < 1.29 is 17.9 Å². The fourth-order valence-electron chi connectivity index (χ4n) is 1.49. The molecule has 0 saturated heterocycles. The highest BCUT2D eigenvalue weighted by Crippen LogP contribution is 2.21. The van der Waals surface area contributed by atoms with Gasteiger partial charge in [0.05, 0.1) is 6.61 Å². The molecule has 0 spiro atoms. The van der Waals surface area contributed by atoms with E-state index in [4.69, 9.17) is 10.8 Å². The minimum atomic E-state index is -4.02. The summed E-state index contributed by atoms with van der Waals surface area (Å²) in [6.45, 7) is 2.80. The number of rotatable bonds is 5. The molecule has 18 heavy (non-hydrogen) atoms. The lowest BCUT2D eigenvalue weighted by atomic mass is 10.2. The molecule has 1 aromatic rings. The number of aryl methyl sites for hydroxylation is 1. The minimum Gasteiger partial charge on any atom is -0.399 e. The number of sulfonamides is 1. The Labute approximate surface area is 106 Å². The van der Waals surface area contributed by atoms with Crippen LogP contribution < -0.4 is 10.5 Å². The molecule has 0 saturated carbocycles. The first-order chi connectivity index (χ1) is 8.31. The highest BCUT2D eigenvalue weighted by Gasteiger charge is 2.23. The molecule has 5 nitrogen and oxygen atoms in total. The Balaban J connectivity index is 3.20. The number of nitrogens with two attached hydrogens (primary N) is 1. The Morgan fingerprint density at radius 2 is 2.11 bits per heavy atom. The zero-order valence-corrected chi connectivity index (χ0v) is 11.1. The van der Waals surface area contributed by atoms with Crippen LogP contribution in [0.1, 0.15) is 18.9 Å². The van der Waals surface area contributed by atoms with Crippen LogP contribution in [0.5, 0.6) is 0 Å². The van der Waals surface area contributed by atoms with E-state index in [-0.39, 0.29) is 17.9 Å². The summed E-state index contributed by atoms with van der Waals surface area (Å²) in [6.07, 6.45) is 0.401. The number of hydrogen-bond donors (Lipinski definition) is 3. The molecule has 0 fully saturated rings. The van der Waals surface area contributed by atoms with Gasteiger partial charge in [-0.2, -0.15) is 0 Å². The third-order valence-electron chi connectivity index (χ3n) is 2.57. The summed E-state index contributed by atoms with van der Waals surface area (Å²) < 4.78 is 40.0. The first kappa shape index (κ1) is 14.9. The normalized spacial score (nSPS) is 13.6. The minimum absolute atomic E-state index is 0.160. The molecule has 0 radical (unpaired) electrons. The number of aliphatic hydroxyl groups excluding tert-OH is 1. The maximum absolute atomic E-state index is 13.8. The quantitative estimate of drug-likeness (QED) is 0.692. The Morgan fingerprint density at radius 1 is 1.50 bits per heavy atom. The molecule has 0 aliphatic heterocycles. The maximum atomic E-state index is 13.8. The highest BCUT2D eigenvalue weighted by molar-refractivity contribution is 7.89. The van der Waals surface area contributed by atoms with Crippen molar-refractivity contribution in [2.45, 2.75) is 31.2 Å². The summed E-state index contributed by atoms with van der Waals surface area (Å²) in [7, 11) is -4.02. The van der Waals surface area contributed by atoms with Crippen molar-refractivity contribution in [3.05, 3.63) is 23.5 Å². The maximum Gasteiger partial charge on any atom is 0.243 e. The van der Waals surface area contributed by atoms with Crippen LogP contribution in [0.2, 0.25) is 0 Å². The number of hydrogen-bond acceptors (Lipinski definition) is 4. The highest BCUT2D eigenvalue weighted by atomic mass is 32.2. The number of aliphatic hydroxyl groups is 1. The molecule has 4 N–H and O–H groups in total. The molecule has 1 atom stereocenters. The van der Waals surface area contributed by atoms with Gasteiger partial charge < -0.3 is 10.8 Å². The van der Waals surface area contributed by atoms with Crippen molar-refractivity contribution in [2.24, 2.45) is 0 Å². The first-order valence-electron chi connectivity index (χ1n) is 5.50. The van der Waals surface area contributed by atoms with Gasteiger partial charge >= 0.3 is 0 Å². The molecule has 0 aliphatic rings. The van der Waals surface area contributed by atoms with E-state index < -0.39 is 26.8 Å². The van der Waals surface area contributed by atoms with Gasteiger partial charge in [-0.15, -0.1) is 0 Å². The fourth-order valence-corrected chi connectivity index (χ4v) is 2.99. The van der Waals surface area contributed by atoms with E-state index in [9.17, 15) is 12.8 Å². The van der Waals surface area contributed by atoms with Crippen molar-refractivity contribution in [2.75, 3.05) is 12.3 Å². The molecule has 0 bridgehead atoms. The molecule has 0 unspecified atom stereocenters. The molecule has 0 amide bonds. The van der Waals surface area contributed by atoms with Crippen LogP contribution >= 0.6 is 0 Å². The van der Waals surface area contributed by atoms with Gasteiger partial charge in [-0.05, 0) is 31.0 Å². The predicted molar refractivity (Wildman–Crippen MR) is 67.0 cm³/mol. The number of halogens is 1. The van der Waals surface area contributed by atoms with Crippen molar-refractivity contribution in [3.63, 3.8) is 0 Å². The van der Waals surface area contributed by atoms with Crippen LogP contribution in [0.4, 0.5) is 10.1 Å². The van der Waals surface area contributed by atoms with Crippen LogP contribution in [0.25, 0.3) is 0 Å². The number of nitrogens with one attached hydrogen (secondary N) is 1. The van der Waals surface area contributed by atoms with Gasteiger partial charge in [0, 0.05) is 11.7 Å². The second kappa shape index (κ2) is 5.64. The van der Waals surface area contributed by atoms with E-state index in [1.807, 2.05) is 0 Å². The Morgan fingerprint density at radius 3 is 2.61 bits per heavy atom. The zero-order valence-electron chi connectivity index (χ0n) is 10.3. The van der Waals surface area contributed by atoms with Crippen LogP contribution in [0.3, 0.4) is 0 Å². The van der Waals surface area contributed by atoms with Gasteiger partial charge in [0.1, 0.15) is 10.7 Å². The largest absolute Gasteiger partial charge is 0.399 e. The van der Waals surface area contributed by atoms with Crippen LogP contribution in [-0.4, -0.2) is 26.2 Å². The van der Waals surface area contributed by atoms with Gasteiger partial charge in [-0.25, -0.2) is 17.5 Å². The van der Waals surface area contributed by atoms with E-state index in [1.54, 1.807) is 6.92 Å². The van der Waals surface area contributed by atoms with E-state index in [0.717, 1.165) is 6.07 Å². The van der Waals surface area contributed by atoms with Crippen LogP contribution in [0.15, 0.2) is 17.0 Å². The number of anilines is 1. The van der Waals surface area contributed by atoms with E-state index >= 15 is 0 Å². The summed E-state index contributed by atoms with van der Waals surface area (Å²) in [5, 5.41) is 8.97. The molecule has 1 rings (SSSR count). The smallest absolute Gasteiger partial charge is 0.243 e. The standard InChI is InChI=1S/C11H17FN2O3S/c1-3-9(6-15)14-18(16,17)10-5-8(13)4-7(2)11(10)12/h4-5,9,14-15H,3,6,13H2,1-2H3/t9-/m1/s1. The average molecular weight is 276 g/mol. The molecule has 7 heteroatoms. The molecule has 1 aromatic carbocycles. The summed E-state index contributed by atoms with van der Waals surface area (Å²) in [4.78, 5) is -0.494. The van der Waals surface area contributed by atoms with Crippen molar-refractivity contribution >= 4 is 15.7 Å². The first-order valence-corrected chi connectivity index (χ1v) is 6.99. The fraction of sp³-hybridized carbons (Fsp3) is 0.455. The van der Waals surface area contributed by atoms with Crippen molar-refractivity contribution in [3.8, 4) is 0 Å². The Hall–Kier alpha value is -1.18. The number of nitrogen functional groups attached to an aromatic ring is 1. The average Bonchev–Trinajstić information content (AvgIpc) is 2.30. The van der Waals surface area contributed by atoms with Gasteiger partial charge in [0.15, 0.2) is 0 Å². The van der Waals surface area contributed by atoms with Crippen LogP contribution in [0, 0.1) is 12.7 Å². The lowest BCUT2D eigenvalue weighted by Gasteiger charge is -2.15. The molecular weight excluding hydrogens is 259 g/mol. The van der Waals surface area contributed by atoms with Gasteiger partial charge in [-0.1, -0.05) is 6.92 Å². The molecule has 0 aromatic heterocycles. The van der Waals surface area contributed by atoms with E-state index in [1.165, 1.54) is 13.0 Å². The zero-order chi connectivity index (χ0) is 13.9. The van der Waals surface area contributed by atoms with E-state index in [0.29, 0.717) is 6.42 Å². The monoisotopic (exact) mass is 276 g/mol. The Kier molecular flexibility index (Phi) is 4.66. The summed E-state index contributed by atoms with van der Waals surface area (Å²) >= 11 is 0. The molecule has 0 aliphatic carbocycles. The second-order valence-electron chi connectivity index (χ2n) is 4.06. The third-order valence-corrected chi connectivity index (χ3v) is 4.09. The van der Waals surface area contributed by atoms with Gasteiger partial charge in [0.25, 0.3) is 0 Å². The second-order valence-corrected chi connectivity index (χ2v) is 5.74. The van der Waals surface area contributed by atoms with Crippen LogP contribution in [-0.2, 0) is 10.0 Å². The number of benzene rings is 1. The topological polar surface area (TPSA) is 92.4 Å². The van der Waals surface area contributed by atoms with Gasteiger partial charge in [-0.3, -0.25) is 0 Å². The van der Waals surface area contributed by atoms with Crippen molar-refractivity contribution in [1.82, 2.24) is 4.72 Å². The van der Waals surface area contributed by atoms with E-state index in [2.05, 4.69) is 4.72 Å². The summed E-state index contributed by atoms with van der Waals surface area (Å²) in [5.74, 6) is -0.829.